The van der Waals surface area contributed by atoms with Gasteiger partial charge < -0.3 is 23.5 Å². The lowest BCUT2D eigenvalue weighted by atomic mass is 10.1. The molecule has 1 aliphatic heterocycles. The number of pyridine rings is 2. The van der Waals surface area contributed by atoms with E-state index in [9.17, 15) is 4.79 Å². The fourth-order valence-electron chi connectivity index (χ4n) is 4.86. The Labute approximate surface area is 213 Å². The van der Waals surface area contributed by atoms with Crippen molar-refractivity contribution in [2.24, 2.45) is 14.1 Å². The number of aryl methyl sites for hydroxylation is 3. The summed E-state index contributed by atoms with van der Waals surface area (Å²) in [6.07, 6.45) is 8.80. The van der Waals surface area contributed by atoms with Gasteiger partial charge in [0.25, 0.3) is 5.56 Å². The fourth-order valence-corrected chi connectivity index (χ4v) is 4.86. The first kappa shape index (κ1) is 22.8. The van der Waals surface area contributed by atoms with Crippen LogP contribution in [0, 0.1) is 6.92 Å². The molecular weight excluding hydrogens is 470 g/mol. The van der Waals surface area contributed by atoms with Gasteiger partial charge in [0.2, 0.25) is 5.89 Å². The van der Waals surface area contributed by atoms with Gasteiger partial charge in [0, 0.05) is 69.1 Å². The topological polar surface area (TPSA) is 94.4 Å². The predicted molar refractivity (Wildman–Crippen MR) is 141 cm³/mol. The molecule has 10 nitrogen and oxygen atoms in total. The van der Waals surface area contributed by atoms with E-state index in [0.29, 0.717) is 17.2 Å². The normalized spacial score (nSPS) is 13.3. The van der Waals surface area contributed by atoms with Crippen LogP contribution in [0.15, 0.2) is 64.5 Å². The molecule has 188 valence electrons. The third kappa shape index (κ3) is 4.00. The van der Waals surface area contributed by atoms with Crippen molar-refractivity contribution in [3.05, 3.63) is 77.1 Å². The maximum Gasteiger partial charge on any atom is 0.253 e. The smallest absolute Gasteiger partial charge is 0.253 e. The second kappa shape index (κ2) is 8.81. The Morgan fingerprint density at radius 1 is 1.00 bits per heavy atom. The monoisotopic (exact) mass is 497 g/mol. The van der Waals surface area contributed by atoms with Crippen molar-refractivity contribution >= 4 is 28.0 Å². The Morgan fingerprint density at radius 2 is 1.86 bits per heavy atom. The Balaban J connectivity index is 1.49. The molecule has 0 aliphatic carbocycles. The molecule has 4 aromatic heterocycles. The van der Waals surface area contributed by atoms with E-state index >= 15 is 0 Å². The van der Waals surface area contributed by atoms with E-state index in [1.54, 1.807) is 22.5 Å². The fraction of sp³-hybridized carbons (Fsp3) is 0.259. The van der Waals surface area contributed by atoms with Crippen LogP contribution in [0.1, 0.15) is 11.5 Å². The van der Waals surface area contributed by atoms with Crippen molar-refractivity contribution in [2.45, 2.75) is 13.5 Å². The molecule has 0 bridgehead atoms. The first-order valence-corrected chi connectivity index (χ1v) is 12.0. The van der Waals surface area contributed by atoms with Crippen LogP contribution in [0.25, 0.3) is 22.2 Å². The molecule has 10 heteroatoms. The summed E-state index contributed by atoms with van der Waals surface area (Å²) in [4.78, 5) is 26.2. The van der Waals surface area contributed by atoms with Gasteiger partial charge in [-0.15, -0.1) is 0 Å². The van der Waals surface area contributed by atoms with E-state index < -0.39 is 0 Å². The number of oxazole rings is 1. The third-order valence-electron chi connectivity index (χ3n) is 6.83. The van der Waals surface area contributed by atoms with Gasteiger partial charge in [-0.1, -0.05) is 0 Å². The Bertz CT molecular complexity index is 1670. The van der Waals surface area contributed by atoms with Crippen molar-refractivity contribution in [2.75, 3.05) is 29.9 Å². The number of rotatable bonds is 5. The molecule has 0 spiro atoms. The van der Waals surface area contributed by atoms with Gasteiger partial charge in [-0.05, 0) is 19.1 Å². The van der Waals surface area contributed by atoms with Crippen molar-refractivity contribution < 1.29 is 9.15 Å². The van der Waals surface area contributed by atoms with Crippen LogP contribution in [-0.4, -0.2) is 44.5 Å². The zero-order valence-corrected chi connectivity index (χ0v) is 21.2. The average Bonchev–Trinajstić information content (AvgIpc) is 3.58. The number of benzene rings is 1. The highest BCUT2D eigenvalue weighted by atomic mass is 16.5. The number of ether oxygens (including phenoxy) is 1. The minimum atomic E-state index is -0.0372. The van der Waals surface area contributed by atoms with Crippen LogP contribution in [0.3, 0.4) is 0 Å². The van der Waals surface area contributed by atoms with E-state index in [1.165, 1.54) is 6.26 Å². The molecule has 0 saturated carbocycles. The molecule has 37 heavy (non-hydrogen) atoms. The van der Waals surface area contributed by atoms with E-state index in [0.717, 1.165) is 52.3 Å². The van der Waals surface area contributed by atoms with Gasteiger partial charge in [-0.3, -0.25) is 14.5 Å². The number of fused-ring (bicyclic) bond motifs is 2. The number of hydrogen-bond donors (Lipinski definition) is 0. The molecule has 0 unspecified atom stereocenters. The number of likely N-dealkylation sites (N-methyl/N-ethyl adjacent to an activating group) is 1. The SMILES string of the molecule is Cc1cc2c(N3CCN(C)c4cc(-c5cnn(C)c5)ncc43)cc(OCc3ncco3)cc2n(C)c1=O. The van der Waals surface area contributed by atoms with Crippen molar-refractivity contribution in [1.82, 2.24) is 24.3 Å². The number of nitrogens with zero attached hydrogens (tertiary/aromatic N) is 7. The third-order valence-corrected chi connectivity index (χ3v) is 6.83. The summed E-state index contributed by atoms with van der Waals surface area (Å²) in [6.45, 7) is 3.60. The van der Waals surface area contributed by atoms with Gasteiger partial charge in [0.1, 0.15) is 12.0 Å². The zero-order valence-electron chi connectivity index (χ0n) is 21.2. The summed E-state index contributed by atoms with van der Waals surface area (Å²) in [5.41, 5.74) is 6.27. The minimum Gasteiger partial charge on any atom is -0.484 e. The molecule has 0 fully saturated rings. The lowest BCUT2D eigenvalue weighted by molar-refractivity contribution is 0.263. The summed E-state index contributed by atoms with van der Waals surface area (Å²) in [7, 11) is 5.78. The van der Waals surface area contributed by atoms with E-state index in [4.69, 9.17) is 14.1 Å². The van der Waals surface area contributed by atoms with Gasteiger partial charge in [0.05, 0.1) is 46.9 Å². The lowest BCUT2D eigenvalue weighted by Gasteiger charge is -2.37. The molecule has 5 heterocycles. The van der Waals surface area contributed by atoms with Gasteiger partial charge in [-0.25, -0.2) is 4.98 Å². The second-order valence-corrected chi connectivity index (χ2v) is 9.32. The highest BCUT2D eigenvalue weighted by Gasteiger charge is 2.26. The first-order valence-electron chi connectivity index (χ1n) is 12.0. The summed E-state index contributed by atoms with van der Waals surface area (Å²) in [5.74, 6) is 1.11. The number of anilines is 3. The lowest BCUT2D eigenvalue weighted by Crippen LogP contribution is -2.37. The summed E-state index contributed by atoms with van der Waals surface area (Å²) < 4.78 is 14.8. The van der Waals surface area contributed by atoms with Gasteiger partial charge in [0.15, 0.2) is 6.61 Å². The van der Waals surface area contributed by atoms with Crippen LogP contribution in [-0.2, 0) is 20.7 Å². The largest absolute Gasteiger partial charge is 0.484 e. The molecule has 6 rings (SSSR count). The number of aromatic nitrogens is 5. The van der Waals surface area contributed by atoms with Crippen LogP contribution >= 0.6 is 0 Å². The second-order valence-electron chi connectivity index (χ2n) is 9.32. The van der Waals surface area contributed by atoms with Crippen LogP contribution in [0.2, 0.25) is 0 Å². The van der Waals surface area contributed by atoms with Crippen molar-refractivity contribution in [3.8, 4) is 17.0 Å². The number of hydrogen-bond acceptors (Lipinski definition) is 8. The molecule has 0 saturated heterocycles. The molecule has 5 aromatic rings. The minimum absolute atomic E-state index is 0.0372. The molecule has 1 aromatic carbocycles. The maximum absolute atomic E-state index is 12.8. The first-order chi connectivity index (χ1) is 17.9. The highest BCUT2D eigenvalue weighted by Crippen LogP contribution is 2.42. The van der Waals surface area contributed by atoms with E-state index in [1.807, 2.05) is 50.8 Å². The Hall–Kier alpha value is -4.60. The summed E-state index contributed by atoms with van der Waals surface area (Å²) >= 11 is 0. The van der Waals surface area contributed by atoms with Crippen LogP contribution < -0.4 is 20.1 Å². The van der Waals surface area contributed by atoms with Crippen molar-refractivity contribution in [1.29, 1.82) is 0 Å². The van der Waals surface area contributed by atoms with Crippen LogP contribution in [0.5, 0.6) is 5.75 Å². The maximum atomic E-state index is 12.8. The van der Waals surface area contributed by atoms with E-state index in [2.05, 4.69) is 33.0 Å². The Morgan fingerprint density at radius 3 is 2.62 bits per heavy atom. The van der Waals surface area contributed by atoms with Gasteiger partial charge >= 0.3 is 0 Å². The molecule has 0 amide bonds. The van der Waals surface area contributed by atoms with Crippen molar-refractivity contribution in [3.63, 3.8) is 0 Å². The predicted octanol–water partition coefficient (Wildman–Crippen LogP) is 3.80. The molecule has 0 atom stereocenters. The van der Waals surface area contributed by atoms with Gasteiger partial charge in [-0.2, -0.15) is 5.10 Å². The zero-order chi connectivity index (χ0) is 25.7. The Kier molecular flexibility index (Phi) is 5.44. The molecular formula is C27H27N7O3. The molecule has 0 N–H and O–H groups in total. The summed E-state index contributed by atoms with van der Waals surface area (Å²) in [6, 6.07) is 7.97. The quantitative estimate of drug-likeness (QED) is 0.362. The average molecular weight is 498 g/mol. The van der Waals surface area contributed by atoms with E-state index in [-0.39, 0.29) is 12.2 Å². The highest BCUT2D eigenvalue weighted by molar-refractivity contribution is 5.98. The molecule has 1 aliphatic rings. The standard InChI is InChI=1S/C27H27N7O3/c1-17-9-20-22(33(4)27(17)35)10-19(37-16-26-28-5-8-36-26)11-23(20)34-7-6-31(2)24-12-21(29-14-25(24)34)18-13-30-32(3)15-18/h5,8-15H,6-7,16H2,1-4H3. The summed E-state index contributed by atoms with van der Waals surface area (Å²) in [5, 5.41) is 5.26. The van der Waals surface area contributed by atoms with Crippen LogP contribution in [0.4, 0.5) is 17.1 Å². The molecule has 0 radical (unpaired) electrons.